The minimum atomic E-state index is -2.87. The fraction of sp³-hybridized carbons (Fsp3) is 0.305. The fourth-order valence-electron chi connectivity index (χ4n) is 10.3. The smallest absolute Gasteiger partial charge is 1.00 e. The van der Waals surface area contributed by atoms with Crippen LogP contribution in [0.15, 0.2) is 155 Å². The fourth-order valence-corrected chi connectivity index (χ4v) is 22.7. The van der Waals surface area contributed by atoms with Gasteiger partial charge in [0.2, 0.25) is 0 Å². The van der Waals surface area contributed by atoms with E-state index in [9.17, 15) is 0 Å². The van der Waals surface area contributed by atoms with Crippen molar-refractivity contribution in [2.24, 2.45) is 0 Å². The molecule has 0 amide bonds. The first kappa shape index (κ1) is 50.0. The van der Waals surface area contributed by atoms with Crippen LogP contribution in [0.25, 0.3) is 33.4 Å². The molecule has 330 valence electrons. The molecule has 64 heavy (non-hydrogen) atoms. The summed E-state index contributed by atoms with van der Waals surface area (Å²) in [5.74, 6) is 0. The monoisotopic (exact) mass is 992 g/mol. The minimum Gasteiger partial charge on any atom is -1.00 e. The van der Waals surface area contributed by atoms with Crippen LogP contribution in [0.1, 0.15) is 85.0 Å². The van der Waals surface area contributed by atoms with Gasteiger partial charge in [0.1, 0.15) is 0 Å². The van der Waals surface area contributed by atoms with Gasteiger partial charge in [-0.05, 0) is 0 Å². The quantitative estimate of drug-likeness (QED) is 0.121. The van der Waals surface area contributed by atoms with Crippen molar-refractivity contribution >= 4 is 29.7 Å². The zero-order valence-electron chi connectivity index (χ0n) is 40.4. The van der Waals surface area contributed by atoms with Crippen LogP contribution in [0.2, 0.25) is 39.3 Å². The number of hydrogen-bond donors (Lipinski definition) is 0. The Morgan fingerprint density at radius 1 is 0.500 bits per heavy atom. The Balaban J connectivity index is 0.00000340. The van der Waals surface area contributed by atoms with Crippen molar-refractivity contribution in [3.8, 4) is 33.4 Å². The van der Waals surface area contributed by atoms with Crippen LogP contribution in [0.4, 0.5) is 0 Å². The van der Waals surface area contributed by atoms with E-state index in [1.807, 2.05) is 0 Å². The molecular weight excluding hydrogens is 927 g/mol. The first-order valence-electron chi connectivity index (χ1n) is 23.0. The Kier molecular flexibility index (Phi) is 15.2. The standard InChI is InChI=1S/C39H49Si2.C15H14.C5H5.2ClH.Zr/c1-38(2,3)34-24-30-26(22-32(34)28-17-13-15-19-36(28)40(7,8)9)21-27-23-33(35(25-31(27)30)39(4,5)6)29-18-14-16-20-37(29)41(10,11)12;1-3-8-14(9-4-1)12-7-13-15-10-5-2-6-11-15;1-2-4-5-3-1;;;/h13-25H,1-12H3;1-6,8-11H,12-13H2;1-3H,4H2;2*1H;/q;;;;;+2/p-2. The molecule has 0 nitrogen and oxygen atoms in total. The van der Waals surface area contributed by atoms with E-state index >= 15 is 0 Å². The first-order valence-corrected chi connectivity index (χ1v) is 33.9. The van der Waals surface area contributed by atoms with Crippen LogP contribution < -0.4 is 35.2 Å². The van der Waals surface area contributed by atoms with Gasteiger partial charge in [0.05, 0.1) is 0 Å². The molecule has 6 aromatic carbocycles. The van der Waals surface area contributed by atoms with Crippen molar-refractivity contribution in [2.45, 2.75) is 115 Å². The third-order valence-corrected chi connectivity index (χ3v) is 25.7. The summed E-state index contributed by atoms with van der Waals surface area (Å²) in [4.78, 5) is 0. The van der Waals surface area contributed by atoms with Crippen molar-refractivity contribution in [2.75, 3.05) is 0 Å². The molecule has 0 radical (unpaired) electrons. The molecule has 0 unspecified atom stereocenters. The average molecular weight is 995 g/mol. The molecule has 0 atom stereocenters. The van der Waals surface area contributed by atoms with E-state index < -0.39 is 37.4 Å². The van der Waals surface area contributed by atoms with E-state index in [0.29, 0.717) is 3.63 Å². The summed E-state index contributed by atoms with van der Waals surface area (Å²) in [6, 6.07) is 52.5. The van der Waals surface area contributed by atoms with Crippen molar-refractivity contribution in [3.63, 3.8) is 0 Å². The normalized spacial score (nSPS) is 13.6. The molecule has 0 saturated carbocycles. The van der Waals surface area contributed by atoms with Gasteiger partial charge in [-0.3, -0.25) is 0 Å². The van der Waals surface area contributed by atoms with Gasteiger partial charge < -0.3 is 24.8 Å². The Bertz CT molecular complexity index is 2570. The maximum atomic E-state index is 2.75. The minimum absolute atomic E-state index is 0. The van der Waals surface area contributed by atoms with Crippen molar-refractivity contribution < 1.29 is 46.1 Å². The predicted octanol–water partition coefficient (Wildman–Crippen LogP) is 8.90. The second-order valence-corrected chi connectivity index (χ2v) is 39.0. The number of allylic oxidation sites excluding steroid dienone is 4. The molecule has 0 spiro atoms. The van der Waals surface area contributed by atoms with Crippen molar-refractivity contribution in [1.82, 2.24) is 0 Å². The molecule has 0 saturated heterocycles. The van der Waals surface area contributed by atoms with Gasteiger partial charge in [0.15, 0.2) is 0 Å². The summed E-state index contributed by atoms with van der Waals surface area (Å²) in [7, 11) is -3.39. The maximum Gasteiger partial charge on any atom is -1.00 e. The van der Waals surface area contributed by atoms with Crippen LogP contribution in [0.3, 0.4) is 0 Å². The number of hydrogen-bond acceptors (Lipinski definition) is 0. The first-order chi connectivity index (χ1) is 29.3. The number of rotatable bonds is 10. The van der Waals surface area contributed by atoms with E-state index in [4.69, 9.17) is 0 Å². The van der Waals surface area contributed by atoms with Gasteiger partial charge in [-0.2, -0.15) is 0 Å². The van der Waals surface area contributed by atoms with Crippen LogP contribution in [0.5, 0.6) is 0 Å². The average Bonchev–Trinajstić information content (AvgIpc) is 3.86. The Hall–Kier alpha value is -3.43. The SMILES string of the molecule is CC(C)(C)c1cc2c(cc1-c1ccccc1[Si](C)(C)C)[CH]([Zr+2]([C]1=CC=CC1)=[C](Cc1ccccc1)Cc1ccccc1)c1cc(-c3ccccc3[Si](C)(C)C)c(C(C)(C)C)cc1-2.[Cl-].[Cl-]. The van der Waals surface area contributed by atoms with E-state index in [2.05, 4.69) is 233 Å². The van der Waals surface area contributed by atoms with Gasteiger partial charge in [0.25, 0.3) is 0 Å². The molecule has 2 aliphatic carbocycles. The zero-order valence-corrected chi connectivity index (χ0v) is 46.4. The largest absolute Gasteiger partial charge is 1.00 e. The van der Waals surface area contributed by atoms with Crippen LogP contribution in [-0.4, -0.2) is 19.4 Å². The second kappa shape index (κ2) is 19.4. The van der Waals surface area contributed by atoms with Crippen LogP contribution in [0, 0.1) is 0 Å². The molecule has 0 heterocycles. The zero-order chi connectivity index (χ0) is 44.2. The molecule has 0 fully saturated rings. The Morgan fingerprint density at radius 2 is 0.891 bits per heavy atom. The van der Waals surface area contributed by atoms with E-state index in [-0.39, 0.29) is 35.6 Å². The molecule has 6 aromatic rings. The number of benzene rings is 6. The molecular formula is C59H68Cl2Si2Zr. The summed E-state index contributed by atoms with van der Waals surface area (Å²) in [5, 5.41) is 3.11. The summed E-state index contributed by atoms with van der Waals surface area (Å²) in [5.41, 5.74) is 17.6. The van der Waals surface area contributed by atoms with Crippen molar-refractivity contribution in [1.29, 1.82) is 0 Å². The predicted molar refractivity (Wildman–Crippen MR) is 275 cm³/mol. The third kappa shape index (κ3) is 10.3. The number of halogens is 2. The van der Waals surface area contributed by atoms with Gasteiger partial charge >= 0.3 is 387 Å². The molecule has 0 aromatic heterocycles. The molecule has 0 aliphatic heterocycles. The third-order valence-electron chi connectivity index (χ3n) is 13.3. The van der Waals surface area contributed by atoms with E-state index in [0.717, 1.165) is 19.3 Å². The van der Waals surface area contributed by atoms with E-state index in [1.54, 1.807) is 28.0 Å². The summed E-state index contributed by atoms with van der Waals surface area (Å²) >= 11 is -2.87. The van der Waals surface area contributed by atoms with Crippen LogP contribution in [-0.2, 0) is 44.9 Å². The summed E-state index contributed by atoms with van der Waals surface area (Å²) in [6.07, 6.45) is 10.5. The number of fused-ring (bicyclic) bond motifs is 3. The van der Waals surface area contributed by atoms with E-state index in [1.165, 1.54) is 55.6 Å². The van der Waals surface area contributed by atoms with Gasteiger partial charge in [-0.15, -0.1) is 0 Å². The topological polar surface area (TPSA) is 0 Å². The van der Waals surface area contributed by atoms with Crippen LogP contribution >= 0.6 is 0 Å². The molecule has 5 heteroatoms. The summed E-state index contributed by atoms with van der Waals surface area (Å²) in [6.45, 7) is 29.7. The van der Waals surface area contributed by atoms with Gasteiger partial charge in [-0.1, -0.05) is 0 Å². The molecule has 0 N–H and O–H groups in total. The molecule has 0 bridgehead atoms. The van der Waals surface area contributed by atoms with Gasteiger partial charge in [-0.25, -0.2) is 0 Å². The maximum absolute atomic E-state index is 2.87. The molecule has 2 aliphatic rings. The summed E-state index contributed by atoms with van der Waals surface area (Å²) < 4.78 is 3.86. The Labute approximate surface area is 408 Å². The second-order valence-electron chi connectivity index (χ2n) is 22.2. The van der Waals surface area contributed by atoms with Crippen molar-refractivity contribution in [3.05, 3.63) is 188 Å². The Morgan fingerprint density at radius 3 is 1.25 bits per heavy atom. The molecule has 8 rings (SSSR count). The van der Waals surface area contributed by atoms with Gasteiger partial charge in [0, 0.05) is 0 Å².